The lowest BCUT2D eigenvalue weighted by atomic mass is 10.2. The summed E-state index contributed by atoms with van der Waals surface area (Å²) in [7, 11) is 2.03. The summed E-state index contributed by atoms with van der Waals surface area (Å²) in [5.41, 5.74) is 2.21. The quantitative estimate of drug-likeness (QED) is 0.381. The van der Waals surface area contributed by atoms with Crippen LogP contribution in [0.5, 0.6) is 0 Å². The van der Waals surface area contributed by atoms with Crippen LogP contribution in [0.4, 0.5) is 0 Å². The number of hydrogen-bond donors (Lipinski definition) is 1. The molecule has 132 valence electrons. The van der Waals surface area contributed by atoms with Crippen LogP contribution in [-0.4, -0.2) is 36.0 Å². The Morgan fingerprint density at radius 3 is 2.75 bits per heavy atom. The van der Waals surface area contributed by atoms with Gasteiger partial charge in [-0.05, 0) is 25.5 Å². The van der Waals surface area contributed by atoms with Crippen LogP contribution in [0.3, 0.4) is 0 Å². The van der Waals surface area contributed by atoms with Crippen LogP contribution in [0.2, 0.25) is 5.02 Å². The summed E-state index contributed by atoms with van der Waals surface area (Å²) in [6, 6.07) is 7.91. The number of aryl methyl sites for hydroxylation is 1. The molecule has 0 bridgehead atoms. The van der Waals surface area contributed by atoms with E-state index in [2.05, 4.69) is 27.5 Å². The number of benzene rings is 1. The van der Waals surface area contributed by atoms with Crippen molar-refractivity contribution < 1.29 is 0 Å². The van der Waals surface area contributed by atoms with Crippen molar-refractivity contribution >= 4 is 52.9 Å². The average Bonchev–Trinajstić information content (AvgIpc) is 2.94. The van der Waals surface area contributed by atoms with Crippen molar-refractivity contribution in [3.05, 3.63) is 50.9 Å². The van der Waals surface area contributed by atoms with E-state index in [1.54, 1.807) is 11.3 Å². The van der Waals surface area contributed by atoms with Crippen molar-refractivity contribution in [1.29, 1.82) is 0 Å². The smallest absolute Gasteiger partial charge is 0.193 e. The highest BCUT2D eigenvalue weighted by molar-refractivity contribution is 14.0. The molecular weight excluding hydrogens is 455 g/mol. The standard InChI is InChI=1S/C17H23ClN4S.HI/c1-4-19-17(20-10-9-15-12-23-13(2)21-15)22(3)11-14-7-5-6-8-16(14)18;/h5-8,12H,4,9-11H2,1-3H3,(H,19,20);1H. The summed E-state index contributed by atoms with van der Waals surface area (Å²) < 4.78 is 0. The van der Waals surface area contributed by atoms with Crippen molar-refractivity contribution in [2.75, 3.05) is 20.1 Å². The Balaban J connectivity index is 0.00000288. The second kappa shape index (κ2) is 10.9. The zero-order valence-electron chi connectivity index (χ0n) is 14.3. The number of rotatable bonds is 6. The van der Waals surface area contributed by atoms with E-state index >= 15 is 0 Å². The maximum Gasteiger partial charge on any atom is 0.193 e. The van der Waals surface area contributed by atoms with E-state index in [1.165, 1.54) is 0 Å². The monoisotopic (exact) mass is 478 g/mol. The second-order valence-electron chi connectivity index (χ2n) is 5.29. The Labute approximate surface area is 170 Å². The first-order valence-electron chi connectivity index (χ1n) is 7.74. The first-order chi connectivity index (χ1) is 11.1. The molecule has 7 heteroatoms. The maximum absolute atomic E-state index is 6.24. The van der Waals surface area contributed by atoms with Gasteiger partial charge >= 0.3 is 0 Å². The van der Waals surface area contributed by atoms with Crippen LogP contribution in [-0.2, 0) is 13.0 Å². The number of hydrogen-bond acceptors (Lipinski definition) is 3. The van der Waals surface area contributed by atoms with Gasteiger partial charge in [0.1, 0.15) is 0 Å². The topological polar surface area (TPSA) is 40.5 Å². The van der Waals surface area contributed by atoms with Gasteiger partial charge in [0.15, 0.2) is 5.96 Å². The lowest BCUT2D eigenvalue weighted by Gasteiger charge is -2.22. The molecule has 1 N–H and O–H groups in total. The highest BCUT2D eigenvalue weighted by Gasteiger charge is 2.08. The Morgan fingerprint density at radius 1 is 1.38 bits per heavy atom. The van der Waals surface area contributed by atoms with Gasteiger partial charge < -0.3 is 10.2 Å². The molecule has 0 aliphatic rings. The van der Waals surface area contributed by atoms with Crippen molar-refractivity contribution in [3.8, 4) is 0 Å². The minimum Gasteiger partial charge on any atom is -0.357 e. The largest absolute Gasteiger partial charge is 0.357 e. The predicted octanol–water partition coefficient (Wildman–Crippen LogP) is 4.36. The zero-order valence-corrected chi connectivity index (χ0v) is 18.2. The van der Waals surface area contributed by atoms with E-state index in [9.17, 15) is 0 Å². The molecule has 1 aromatic heterocycles. The van der Waals surface area contributed by atoms with Gasteiger partial charge in [-0.15, -0.1) is 35.3 Å². The van der Waals surface area contributed by atoms with Crippen molar-refractivity contribution in [3.63, 3.8) is 0 Å². The van der Waals surface area contributed by atoms with Crippen LogP contribution in [0.1, 0.15) is 23.2 Å². The number of aromatic nitrogens is 1. The Bertz CT molecular complexity index is 660. The maximum atomic E-state index is 6.24. The first kappa shape index (κ1) is 21.2. The molecule has 0 amide bonds. The third kappa shape index (κ3) is 6.57. The van der Waals surface area contributed by atoms with Gasteiger partial charge in [-0.2, -0.15) is 0 Å². The zero-order chi connectivity index (χ0) is 16.7. The normalized spacial score (nSPS) is 11.1. The molecule has 0 saturated carbocycles. The lowest BCUT2D eigenvalue weighted by molar-refractivity contribution is 0.477. The minimum absolute atomic E-state index is 0. The molecule has 1 heterocycles. The fourth-order valence-corrected chi connectivity index (χ4v) is 3.07. The fourth-order valence-electron chi connectivity index (χ4n) is 2.23. The van der Waals surface area contributed by atoms with E-state index in [1.807, 2.05) is 38.2 Å². The summed E-state index contributed by atoms with van der Waals surface area (Å²) in [5, 5.41) is 7.32. The molecule has 2 rings (SSSR count). The summed E-state index contributed by atoms with van der Waals surface area (Å²) >= 11 is 7.93. The SMILES string of the molecule is CCNC(=NCCc1csc(C)n1)N(C)Cc1ccccc1Cl.I. The molecule has 0 spiro atoms. The fraction of sp³-hybridized carbons (Fsp3) is 0.412. The number of nitrogens with zero attached hydrogens (tertiary/aromatic N) is 3. The molecule has 24 heavy (non-hydrogen) atoms. The predicted molar refractivity (Wildman–Crippen MR) is 115 cm³/mol. The Morgan fingerprint density at radius 2 is 2.12 bits per heavy atom. The van der Waals surface area contributed by atoms with Gasteiger partial charge in [0, 0.05) is 43.5 Å². The van der Waals surface area contributed by atoms with Gasteiger partial charge in [-0.25, -0.2) is 4.98 Å². The molecule has 4 nitrogen and oxygen atoms in total. The van der Waals surface area contributed by atoms with Gasteiger partial charge in [0.05, 0.1) is 10.7 Å². The molecular formula is C17H24ClIN4S. The number of aliphatic imine (C=N–C) groups is 1. The molecule has 0 fully saturated rings. The van der Waals surface area contributed by atoms with Crippen LogP contribution >= 0.6 is 46.9 Å². The molecule has 0 atom stereocenters. The van der Waals surface area contributed by atoms with Crippen LogP contribution < -0.4 is 5.32 Å². The molecule has 0 aliphatic heterocycles. The van der Waals surface area contributed by atoms with Crippen molar-refractivity contribution in [2.45, 2.75) is 26.8 Å². The van der Waals surface area contributed by atoms with Crippen LogP contribution in [0.15, 0.2) is 34.6 Å². The van der Waals surface area contributed by atoms with Gasteiger partial charge in [0.2, 0.25) is 0 Å². The van der Waals surface area contributed by atoms with E-state index in [0.29, 0.717) is 0 Å². The third-order valence-corrected chi connectivity index (χ3v) is 4.55. The summed E-state index contributed by atoms with van der Waals surface area (Å²) in [6.07, 6.45) is 0.860. The highest BCUT2D eigenvalue weighted by Crippen LogP contribution is 2.16. The average molecular weight is 479 g/mol. The molecule has 1 aromatic carbocycles. The minimum atomic E-state index is 0. The summed E-state index contributed by atoms with van der Waals surface area (Å²) in [5.74, 6) is 0.888. The molecule has 2 aromatic rings. The second-order valence-corrected chi connectivity index (χ2v) is 6.76. The third-order valence-electron chi connectivity index (χ3n) is 3.36. The molecule has 0 radical (unpaired) electrons. The van der Waals surface area contributed by atoms with E-state index in [4.69, 9.17) is 16.6 Å². The van der Waals surface area contributed by atoms with E-state index in [-0.39, 0.29) is 24.0 Å². The highest BCUT2D eigenvalue weighted by atomic mass is 127. The van der Waals surface area contributed by atoms with E-state index < -0.39 is 0 Å². The van der Waals surface area contributed by atoms with E-state index in [0.717, 1.165) is 53.3 Å². The van der Waals surface area contributed by atoms with Crippen LogP contribution in [0.25, 0.3) is 0 Å². The summed E-state index contributed by atoms with van der Waals surface area (Å²) in [6.45, 7) is 6.38. The molecule has 0 aliphatic carbocycles. The number of nitrogens with one attached hydrogen (secondary N) is 1. The van der Waals surface area contributed by atoms with Gasteiger partial charge in [0.25, 0.3) is 0 Å². The van der Waals surface area contributed by atoms with Crippen LogP contribution in [0, 0.1) is 6.92 Å². The molecule has 0 saturated heterocycles. The van der Waals surface area contributed by atoms with Gasteiger partial charge in [-0.1, -0.05) is 29.8 Å². The number of guanidine groups is 1. The number of thiazole rings is 1. The summed E-state index contributed by atoms with van der Waals surface area (Å²) in [4.78, 5) is 11.3. The Kier molecular flexibility index (Phi) is 9.61. The first-order valence-corrected chi connectivity index (χ1v) is 8.99. The Hall–Kier alpha value is -0.860. The van der Waals surface area contributed by atoms with Crippen molar-refractivity contribution in [1.82, 2.24) is 15.2 Å². The molecule has 0 unspecified atom stereocenters. The van der Waals surface area contributed by atoms with Crippen molar-refractivity contribution in [2.24, 2.45) is 4.99 Å². The number of halogens is 2. The lowest BCUT2D eigenvalue weighted by Crippen LogP contribution is -2.38. The van der Waals surface area contributed by atoms with Gasteiger partial charge in [-0.3, -0.25) is 4.99 Å².